The second kappa shape index (κ2) is 15.8. The molecule has 8 bridgehead atoms. The van der Waals surface area contributed by atoms with Crippen molar-refractivity contribution >= 4 is 17.9 Å². The van der Waals surface area contributed by atoms with E-state index in [1.54, 1.807) is 36.4 Å². The SMILES string of the molecule is CCCCCCOc1c2cccc1Cc1cc(CC(=O)O)cc(c1O)Cc1cc(CC(=O)O)cc(c1O)Cc1cc(CC(=O)O)cc(c1O)C2. The molecule has 1 aliphatic rings. The van der Waals surface area contributed by atoms with E-state index >= 15 is 0 Å². The van der Waals surface area contributed by atoms with Crippen molar-refractivity contribution in [2.24, 2.45) is 0 Å². The summed E-state index contributed by atoms with van der Waals surface area (Å²) in [5.74, 6) is -2.95. The molecular formula is C40H42O10. The van der Waals surface area contributed by atoms with E-state index < -0.39 is 17.9 Å². The van der Waals surface area contributed by atoms with Crippen LogP contribution < -0.4 is 4.74 Å². The number of unbranched alkanes of at least 4 members (excludes halogenated alkanes) is 3. The Balaban J connectivity index is 1.75. The van der Waals surface area contributed by atoms with Gasteiger partial charge in [0.1, 0.15) is 23.0 Å². The first-order valence-electron chi connectivity index (χ1n) is 16.8. The first kappa shape index (κ1) is 35.8. The van der Waals surface area contributed by atoms with Gasteiger partial charge in [-0.15, -0.1) is 0 Å². The topological polar surface area (TPSA) is 182 Å². The maximum absolute atomic E-state index is 11.8. The predicted octanol–water partition coefficient (Wildman–Crippen LogP) is 6.32. The number of para-hydroxylation sites is 1. The monoisotopic (exact) mass is 682 g/mol. The number of benzene rings is 4. The summed E-state index contributed by atoms with van der Waals surface area (Å²) in [7, 11) is 0. The molecule has 0 saturated heterocycles. The van der Waals surface area contributed by atoms with Crippen molar-refractivity contribution in [3.8, 4) is 23.0 Å². The summed E-state index contributed by atoms with van der Waals surface area (Å²) in [6, 6.07) is 15.1. The van der Waals surface area contributed by atoms with Gasteiger partial charge in [0.05, 0.1) is 25.9 Å². The number of hydrogen-bond acceptors (Lipinski definition) is 7. The molecule has 0 radical (unpaired) electrons. The highest BCUT2D eigenvalue weighted by atomic mass is 16.5. The molecule has 0 heterocycles. The maximum Gasteiger partial charge on any atom is 0.307 e. The third kappa shape index (κ3) is 8.74. The zero-order valence-corrected chi connectivity index (χ0v) is 28.0. The summed E-state index contributed by atoms with van der Waals surface area (Å²) in [5, 5.41) is 63.8. The lowest BCUT2D eigenvalue weighted by Crippen LogP contribution is -2.08. The highest BCUT2D eigenvalue weighted by Crippen LogP contribution is 2.39. The molecule has 10 nitrogen and oxygen atoms in total. The van der Waals surface area contributed by atoms with Crippen LogP contribution in [0.1, 0.15) is 93.8 Å². The fourth-order valence-corrected chi connectivity index (χ4v) is 6.76. The molecule has 1 aliphatic carbocycles. The first-order chi connectivity index (χ1) is 23.9. The molecule has 0 unspecified atom stereocenters. The molecular weight excluding hydrogens is 640 g/mol. The number of carboxylic acids is 3. The molecule has 0 amide bonds. The summed E-state index contributed by atoms with van der Waals surface area (Å²) < 4.78 is 6.44. The minimum Gasteiger partial charge on any atom is -0.507 e. The molecule has 10 heteroatoms. The normalized spacial score (nSPS) is 12.3. The van der Waals surface area contributed by atoms with Crippen LogP contribution in [0.25, 0.3) is 0 Å². The van der Waals surface area contributed by atoms with Crippen LogP contribution in [0.15, 0.2) is 54.6 Å². The highest BCUT2D eigenvalue weighted by molar-refractivity contribution is 5.72. The van der Waals surface area contributed by atoms with E-state index in [1.165, 1.54) is 0 Å². The Morgan fingerprint density at radius 2 is 0.880 bits per heavy atom. The first-order valence-corrected chi connectivity index (χ1v) is 16.8. The van der Waals surface area contributed by atoms with Crippen molar-refractivity contribution in [2.75, 3.05) is 6.61 Å². The number of carboxylic acid groups (broad SMARTS) is 3. The van der Waals surface area contributed by atoms with Crippen molar-refractivity contribution in [3.05, 3.63) is 116 Å². The van der Waals surface area contributed by atoms with Gasteiger partial charge in [-0.25, -0.2) is 0 Å². The molecule has 0 spiro atoms. The number of ether oxygens (including phenoxy) is 1. The number of aliphatic carboxylic acids is 3. The lowest BCUT2D eigenvalue weighted by atomic mass is 9.88. The van der Waals surface area contributed by atoms with Gasteiger partial charge >= 0.3 is 17.9 Å². The molecule has 262 valence electrons. The number of phenols is 3. The molecule has 0 fully saturated rings. The Morgan fingerprint density at radius 3 is 1.20 bits per heavy atom. The Labute approximate surface area is 290 Å². The van der Waals surface area contributed by atoms with Gasteiger partial charge in [0.2, 0.25) is 0 Å². The molecule has 50 heavy (non-hydrogen) atoms. The van der Waals surface area contributed by atoms with E-state index in [9.17, 15) is 45.0 Å². The number of rotatable bonds is 12. The van der Waals surface area contributed by atoms with E-state index in [-0.39, 0.29) is 62.2 Å². The Hall–Kier alpha value is -5.51. The van der Waals surface area contributed by atoms with Gasteiger partial charge in [-0.1, -0.05) is 80.8 Å². The predicted molar refractivity (Wildman–Crippen MR) is 186 cm³/mol. The number of aromatic hydroxyl groups is 3. The van der Waals surface area contributed by atoms with Crippen LogP contribution in [0.4, 0.5) is 0 Å². The number of hydrogen-bond donors (Lipinski definition) is 6. The minimum absolute atomic E-state index is 0.0459. The van der Waals surface area contributed by atoms with Crippen LogP contribution in [-0.2, 0) is 59.3 Å². The second-order valence-electron chi connectivity index (χ2n) is 13.0. The van der Waals surface area contributed by atoms with Gasteiger partial charge in [0.25, 0.3) is 0 Å². The lowest BCUT2D eigenvalue weighted by Gasteiger charge is -2.21. The average Bonchev–Trinajstić information content (AvgIpc) is 3.03. The van der Waals surface area contributed by atoms with Gasteiger partial charge in [-0.2, -0.15) is 0 Å². The zero-order chi connectivity index (χ0) is 35.9. The third-order valence-corrected chi connectivity index (χ3v) is 8.99. The van der Waals surface area contributed by atoms with E-state index in [0.717, 1.165) is 36.8 Å². The lowest BCUT2D eigenvalue weighted by molar-refractivity contribution is -0.137. The summed E-state index contributed by atoms with van der Waals surface area (Å²) >= 11 is 0. The molecule has 5 rings (SSSR count). The Bertz CT molecular complexity index is 1810. The molecule has 0 atom stereocenters. The van der Waals surface area contributed by atoms with Crippen molar-refractivity contribution in [3.63, 3.8) is 0 Å². The maximum atomic E-state index is 11.8. The van der Waals surface area contributed by atoms with Crippen molar-refractivity contribution in [1.29, 1.82) is 0 Å². The zero-order valence-electron chi connectivity index (χ0n) is 28.0. The van der Waals surface area contributed by atoms with E-state index in [2.05, 4.69) is 6.92 Å². The van der Waals surface area contributed by atoms with E-state index in [4.69, 9.17) is 4.74 Å². The fourth-order valence-electron chi connectivity index (χ4n) is 6.76. The van der Waals surface area contributed by atoms with Gasteiger partial charge in [-0.3, -0.25) is 14.4 Å². The molecule has 4 aromatic carbocycles. The summed E-state index contributed by atoms with van der Waals surface area (Å²) in [6.45, 7) is 2.56. The second-order valence-corrected chi connectivity index (χ2v) is 13.0. The van der Waals surface area contributed by atoms with Crippen LogP contribution in [0.3, 0.4) is 0 Å². The van der Waals surface area contributed by atoms with Gasteiger partial charge in [-0.05, 0) is 67.6 Å². The number of phenolic OH excluding ortho intramolecular Hbond substituents is 3. The van der Waals surface area contributed by atoms with Crippen LogP contribution in [0.2, 0.25) is 0 Å². The van der Waals surface area contributed by atoms with Crippen molar-refractivity contribution in [2.45, 2.75) is 77.6 Å². The smallest absolute Gasteiger partial charge is 0.307 e. The van der Waals surface area contributed by atoms with Gasteiger partial charge < -0.3 is 35.4 Å². The average molecular weight is 683 g/mol. The minimum atomic E-state index is -1.10. The summed E-state index contributed by atoms with van der Waals surface area (Å²) in [6.07, 6.45) is 3.23. The molecule has 4 aromatic rings. The standard InChI is InChI=1S/C40H42O10/c1-2-3-4-5-9-50-40-26-7-6-8-27(40)20-29-11-24(17-35(43)44)13-31(38(29)48)22-33-15-25(18-36(45)46)14-32(39(33)49)21-30-12-23(16-34(41)42)10-28(19-26)37(30)47/h6-8,10-15,47-49H,2-5,9,16-22H2,1H3,(H,41,42)(H,43,44)(H,45,46). The molecule has 6 N–H and O–H groups in total. The van der Waals surface area contributed by atoms with Crippen molar-refractivity contribution < 1.29 is 49.8 Å². The summed E-state index contributed by atoms with van der Waals surface area (Å²) in [4.78, 5) is 35.4. The van der Waals surface area contributed by atoms with E-state index in [0.29, 0.717) is 62.4 Å². The van der Waals surface area contributed by atoms with Gasteiger partial charge in [0, 0.05) is 25.7 Å². The highest BCUT2D eigenvalue weighted by Gasteiger charge is 2.22. The Kier molecular flexibility index (Phi) is 11.3. The number of fused-ring (bicyclic) bond motifs is 8. The van der Waals surface area contributed by atoms with Crippen molar-refractivity contribution in [1.82, 2.24) is 0 Å². The molecule has 0 saturated carbocycles. The largest absolute Gasteiger partial charge is 0.507 e. The molecule has 0 aromatic heterocycles. The molecule has 0 aliphatic heterocycles. The van der Waals surface area contributed by atoms with E-state index in [1.807, 2.05) is 18.2 Å². The third-order valence-electron chi connectivity index (χ3n) is 8.99. The quantitative estimate of drug-likeness (QED) is 0.0815. The number of carbonyl (C=O) groups is 3. The van der Waals surface area contributed by atoms with Crippen LogP contribution >= 0.6 is 0 Å². The van der Waals surface area contributed by atoms with Crippen LogP contribution in [-0.4, -0.2) is 55.2 Å². The van der Waals surface area contributed by atoms with Crippen LogP contribution in [0, 0.1) is 0 Å². The van der Waals surface area contributed by atoms with Crippen LogP contribution in [0.5, 0.6) is 23.0 Å². The Morgan fingerprint density at radius 1 is 0.540 bits per heavy atom. The van der Waals surface area contributed by atoms with Gasteiger partial charge in [0.15, 0.2) is 0 Å². The summed E-state index contributed by atoms with van der Waals surface area (Å²) in [5.41, 5.74) is 4.96. The fraction of sp³-hybridized carbons (Fsp3) is 0.325.